The third-order valence-electron chi connectivity index (χ3n) is 22.9. The van der Waals surface area contributed by atoms with Crippen molar-refractivity contribution in [2.75, 3.05) is 47.5 Å². The smallest absolute Gasteiger partial charge is 0.309 e. The van der Waals surface area contributed by atoms with Gasteiger partial charge in [-0.3, -0.25) is 14.4 Å². The Bertz CT molecular complexity index is 2610. The van der Waals surface area contributed by atoms with E-state index in [-0.39, 0.29) is 76.2 Å². The zero-order chi connectivity index (χ0) is 54.2. The van der Waals surface area contributed by atoms with E-state index in [2.05, 4.69) is 100 Å². The molecule has 76 heavy (non-hydrogen) atoms. The van der Waals surface area contributed by atoms with Crippen LogP contribution in [0.3, 0.4) is 0 Å². The van der Waals surface area contributed by atoms with Crippen molar-refractivity contribution in [3.05, 3.63) is 90.4 Å². The van der Waals surface area contributed by atoms with Crippen molar-refractivity contribution in [3.63, 3.8) is 0 Å². The third kappa shape index (κ3) is 9.14. The summed E-state index contributed by atoms with van der Waals surface area (Å²) in [6.45, 7) is 27.1. The van der Waals surface area contributed by atoms with Crippen molar-refractivity contribution >= 4 is 17.8 Å². The Hall–Kier alpha value is -4.32. The van der Waals surface area contributed by atoms with Gasteiger partial charge in [0.2, 0.25) is 5.91 Å². The van der Waals surface area contributed by atoms with Crippen LogP contribution in [0.2, 0.25) is 0 Å². The van der Waals surface area contributed by atoms with Gasteiger partial charge in [-0.25, -0.2) is 4.98 Å². The first kappa shape index (κ1) is 55.0. The quantitative estimate of drug-likeness (QED) is 0.0786. The van der Waals surface area contributed by atoms with Crippen molar-refractivity contribution in [2.45, 2.75) is 164 Å². The molecule has 414 valence electrons. The number of ether oxygens (including phenoxy) is 4. The van der Waals surface area contributed by atoms with Gasteiger partial charge < -0.3 is 33.3 Å². The van der Waals surface area contributed by atoms with Crippen molar-refractivity contribution in [1.29, 1.82) is 0 Å². The maximum absolute atomic E-state index is 16.4. The second-order valence-corrected chi connectivity index (χ2v) is 27.4. The van der Waals surface area contributed by atoms with Crippen LogP contribution in [0, 0.1) is 73.9 Å². The zero-order valence-corrected chi connectivity index (χ0v) is 48.2. The van der Waals surface area contributed by atoms with Crippen LogP contribution >= 0.6 is 0 Å². The number of esters is 2. The SMILES string of the molecule is C=C(C)[C@@H]1CCC2(C(=O)N3C[C@H](OCCOC)C[C@H]3c3nc(-c4ccccc4)cn3CCN(C)C)CC[C@]3(C)[C@H](CC[C@@H]4C5(C)CC[C@H](OC(=O)[C@H]6C[C@@H](C(=O)OCc7ccccc7)C6(C)C)C(C)(C)[C@@H]5CCC43C)[C@@H]12. The maximum atomic E-state index is 16.4. The summed E-state index contributed by atoms with van der Waals surface area (Å²) in [4.78, 5) is 53.8. The summed E-state index contributed by atoms with van der Waals surface area (Å²) in [5, 5.41) is 0. The number of fused-ring (bicyclic) bond motifs is 7. The molecule has 2 aromatic carbocycles. The molecule has 11 nitrogen and oxygen atoms in total. The molecule has 2 heterocycles. The van der Waals surface area contributed by atoms with E-state index in [1.54, 1.807) is 7.11 Å². The maximum Gasteiger partial charge on any atom is 0.309 e. The number of amides is 1. The lowest BCUT2D eigenvalue weighted by Gasteiger charge is -2.73. The summed E-state index contributed by atoms with van der Waals surface area (Å²) in [5.74, 6) is 2.04. The van der Waals surface area contributed by atoms with E-state index in [0.717, 1.165) is 99.9 Å². The minimum Gasteiger partial charge on any atom is -0.462 e. The molecule has 10 rings (SSSR count). The molecule has 0 spiro atoms. The van der Waals surface area contributed by atoms with Crippen LogP contribution in [0.1, 0.15) is 150 Å². The fraction of sp³-hybridized carbons (Fsp3) is 0.692. The minimum absolute atomic E-state index is 0.0433. The molecule has 1 amide bonds. The second kappa shape index (κ2) is 20.7. The first-order valence-electron chi connectivity index (χ1n) is 29.4. The van der Waals surface area contributed by atoms with Gasteiger partial charge in [-0.1, -0.05) is 121 Å². The number of carbonyl (C=O) groups excluding carboxylic acids is 3. The van der Waals surface area contributed by atoms with Crippen LogP contribution in [-0.4, -0.2) is 96.9 Å². The van der Waals surface area contributed by atoms with Gasteiger partial charge in [0.1, 0.15) is 18.5 Å². The molecular formula is C65H92N4O7. The summed E-state index contributed by atoms with van der Waals surface area (Å²) in [5.41, 5.74) is 3.18. The highest BCUT2D eigenvalue weighted by atomic mass is 16.5. The van der Waals surface area contributed by atoms with Gasteiger partial charge in [0.25, 0.3) is 0 Å². The van der Waals surface area contributed by atoms with Gasteiger partial charge in [0, 0.05) is 50.3 Å². The third-order valence-corrected chi connectivity index (χ3v) is 22.9. The molecule has 1 aliphatic heterocycles. The highest BCUT2D eigenvalue weighted by Gasteiger charge is 2.73. The molecule has 1 saturated heterocycles. The van der Waals surface area contributed by atoms with Crippen LogP contribution in [0.4, 0.5) is 0 Å². The number of hydrogen-bond acceptors (Lipinski definition) is 9. The number of carbonyl (C=O) groups is 3. The molecule has 11 heteroatoms. The van der Waals surface area contributed by atoms with Crippen molar-refractivity contribution in [2.24, 2.45) is 73.9 Å². The summed E-state index contributed by atoms with van der Waals surface area (Å²) in [7, 11) is 5.94. The number of rotatable bonds is 16. The van der Waals surface area contributed by atoms with E-state index in [9.17, 15) is 9.59 Å². The van der Waals surface area contributed by atoms with Crippen molar-refractivity contribution in [1.82, 2.24) is 19.4 Å². The molecule has 14 atom stereocenters. The lowest BCUT2D eigenvalue weighted by Crippen LogP contribution is -2.67. The number of benzene rings is 2. The number of aromatic nitrogens is 2. The Labute approximate surface area is 455 Å². The monoisotopic (exact) mass is 1040 g/mol. The lowest BCUT2D eigenvalue weighted by molar-refractivity contribution is -0.251. The van der Waals surface area contributed by atoms with E-state index in [4.69, 9.17) is 30.5 Å². The van der Waals surface area contributed by atoms with Crippen LogP contribution in [-0.2, 0) is 46.5 Å². The van der Waals surface area contributed by atoms with E-state index in [0.29, 0.717) is 62.2 Å². The first-order valence-corrected chi connectivity index (χ1v) is 29.4. The zero-order valence-electron chi connectivity index (χ0n) is 48.2. The van der Waals surface area contributed by atoms with Crippen molar-refractivity contribution in [3.8, 4) is 11.3 Å². The predicted octanol–water partition coefficient (Wildman–Crippen LogP) is 12.4. The van der Waals surface area contributed by atoms with Gasteiger partial charge in [-0.2, -0.15) is 0 Å². The Kier molecular flexibility index (Phi) is 15.0. The van der Waals surface area contributed by atoms with Gasteiger partial charge in [-0.05, 0) is 148 Å². The molecule has 0 bridgehead atoms. The number of likely N-dealkylation sites (N-methyl/N-ethyl adjacent to an activating group) is 1. The normalized spacial score (nSPS) is 37.0. The second-order valence-electron chi connectivity index (χ2n) is 27.4. The molecule has 7 aliphatic rings. The predicted molar refractivity (Wildman–Crippen MR) is 297 cm³/mol. The standard InChI is InChI=1S/C65H92N4O7/c1-42(2)46-25-30-65(59(72)69-39-45(74-36-35-73-12)37-51(69)56-66-50(44-21-17-14-18-22-44)40-68(56)34-33-67(10)11)32-31-63(8)47(55(46)65)23-24-53-62(7)28-27-54(61(5,6)52(62)26-29-64(53,63)9)76-58(71)49-38-48(60(49,3)4)57(70)75-41-43-19-15-13-16-20-43/h13-22,40,45-49,51-55H,1,23-39,41H2,2-12H3/t45-,46+,47-,48+,49-,51+,52+,53-,54+,55-,62?,63-,64?,65?/m1/s1. The Morgan fingerprint density at radius 2 is 1.47 bits per heavy atom. The highest BCUT2D eigenvalue weighted by Crippen LogP contribution is 2.78. The van der Waals surface area contributed by atoms with E-state index < -0.39 is 10.8 Å². The topological polar surface area (TPSA) is 112 Å². The molecule has 0 radical (unpaired) electrons. The Balaban J connectivity index is 0.887. The molecular weight excluding hydrogens is 949 g/mol. The molecule has 1 aromatic heterocycles. The summed E-state index contributed by atoms with van der Waals surface area (Å²) < 4.78 is 26.8. The largest absolute Gasteiger partial charge is 0.462 e. The molecule has 6 saturated carbocycles. The number of imidazole rings is 1. The number of allylic oxidation sites excluding steroid dienone is 1. The fourth-order valence-electron chi connectivity index (χ4n) is 18.4. The fourth-order valence-corrected chi connectivity index (χ4v) is 18.4. The van der Waals surface area contributed by atoms with Crippen LogP contribution < -0.4 is 0 Å². The van der Waals surface area contributed by atoms with E-state index in [1.165, 1.54) is 5.57 Å². The van der Waals surface area contributed by atoms with Crippen LogP contribution in [0.15, 0.2) is 79.0 Å². The average molecular weight is 1040 g/mol. The Morgan fingerprint density at radius 3 is 2.16 bits per heavy atom. The number of likely N-dealkylation sites (tertiary alicyclic amines) is 1. The molecule has 0 N–H and O–H groups in total. The van der Waals surface area contributed by atoms with Gasteiger partial charge >= 0.3 is 11.9 Å². The number of methoxy groups -OCH3 is 1. The van der Waals surface area contributed by atoms with Gasteiger partial charge in [0.15, 0.2) is 0 Å². The van der Waals surface area contributed by atoms with E-state index >= 15 is 4.79 Å². The van der Waals surface area contributed by atoms with Gasteiger partial charge in [0.05, 0.1) is 48.3 Å². The number of hydrogen-bond donors (Lipinski definition) is 0. The summed E-state index contributed by atoms with van der Waals surface area (Å²) >= 11 is 0. The summed E-state index contributed by atoms with van der Waals surface area (Å²) in [6, 6.07) is 20.0. The van der Waals surface area contributed by atoms with Crippen LogP contribution in [0.25, 0.3) is 11.3 Å². The molecule has 6 aliphatic carbocycles. The Morgan fingerprint density at radius 1 is 0.763 bits per heavy atom. The van der Waals surface area contributed by atoms with Crippen molar-refractivity contribution < 1.29 is 33.3 Å². The summed E-state index contributed by atoms with van der Waals surface area (Å²) in [6.07, 6.45) is 13.3. The molecule has 7 fully saturated rings. The van der Waals surface area contributed by atoms with Crippen LogP contribution in [0.5, 0.6) is 0 Å². The minimum atomic E-state index is -0.539. The van der Waals surface area contributed by atoms with Gasteiger partial charge in [-0.15, -0.1) is 0 Å². The van der Waals surface area contributed by atoms with E-state index in [1.807, 2.05) is 50.2 Å². The number of nitrogens with zero attached hydrogens (tertiary/aromatic N) is 4. The highest BCUT2D eigenvalue weighted by molar-refractivity contribution is 5.85. The molecule has 3 unspecified atom stereocenters. The average Bonchev–Trinajstić information content (AvgIpc) is 4.16. The lowest BCUT2D eigenvalue weighted by atomic mass is 9.32. The first-order chi connectivity index (χ1) is 36.1. The molecule has 3 aromatic rings.